The first-order valence-electron chi connectivity index (χ1n) is 1.78. The van der Waals surface area contributed by atoms with Gasteiger partial charge in [-0.3, -0.25) is 5.32 Å². The van der Waals surface area contributed by atoms with Crippen LogP contribution in [-0.4, -0.2) is 19.9 Å². The second-order valence-electron chi connectivity index (χ2n) is 1.05. The predicted octanol–water partition coefficient (Wildman–Crippen LogP) is -0.439. The Bertz CT molecular complexity index is 22.4. The molecular weight excluding hydrogens is 122 g/mol. The van der Waals surface area contributed by atoms with E-state index in [-0.39, 0.29) is 17.1 Å². The molecule has 1 aliphatic heterocycles. The van der Waals surface area contributed by atoms with E-state index in [2.05, 4.69) is 5.32 Å². The van der Waals surface area contributed by atoms with Gasteiger partial charge in [-0.15, -0.1) is 0 Å². The third-order valence-electron chi connectivity index (χ3n) is 0.627. The van der Waals surface area contributed by atoms with Gasteiger partial charge < -0.3 is 4.74 Å². The first kappa shape index (κ1) is 6.44. The van der Waals surface area contributed by atoms with Crippen molar-refractivity contribution >= 4 is 0 Å². The minimum atomic E-state index is 0. The maximum atomic E-state index is 4.83. The Balaban J connectivity index is 0.000000250. The minimum Gasteiger partial charge on any atom is -0.365 e. The van der Waals surface area contributed by atoms with Crippen molar-refractivity contribution in [3.8, 4) is 0 Å². The first-order chi connectivity index (χ1) is 2.50. The summed E-state index contributed by atoms with van der Waals surface area (Å²) in [6, 6.07) is 0. The van der Waals surface area contributed by atoms with E-state index in [9.17, 15) is 0 Å². The third kappa shape index (κ3) is 1.78. The molecule has 0 aromatic carbocycles. The second kappa shape index (κ2) is 3.62. The Hall–Kier alpha value is 0.439. The summed E-state index contributed by atoms with van der Waals surface area (Å²) >= 11 is 0. The van der Waals surface area contributed by atoms with Gasteiger partial charge >= 0.3 is 0 Å². The van der Waals surface area contributed by atoms with Gasteiger partial charge in [0.1, 0.15) is 0 Å². The molecule has 38 valence electrons. The fraction of sp³-hybridized carbons (Fsp3) is 1.00. The number of ether oxygens (including phenoxy) is 1. The Morgan fingerprint density at radius 3 is 2.50 bits per heavy atom. The van der Waals surface area contributed by atoms with Gasteiger partial charge in [0.15, 0.2) is 0 Å². The molecule has 3 heteroatoms. The molecule has 0 bridgehead atoms. The molecule has 0 atom stereocenters. The molecule has 0 radical (unpaired) electrons. The van der Waals surface area contributed by atoms with Gasteiger partial charge in [0, 0.05) is 23.6 Å². The number of hydrogen-bond donors (Lipinski definition) is 1. The van der Waals surface area contributed by atoms with Crippen molar-refractivity contribution in [2.75, 3.05) is 19.9 Å². The fourth-order valence-corrected chi connectivity index (χ4v) is 0.361. The number of hydrogen-bond acceptors (Lipinski definition) is 2. The smallest absolute Gasteiger partial charge is 0.0966 e. The molecule has 0 aromatic rings. The van der Waals surface area contributed by atoms with E-state index in [1.165, 1.54) is 0 Å². The Morgan fingerprint density at radius 2 is 2.33 bits per heavy atom. The van der Waals surface area contributed by atoms with Crippen LogP contribution in [0.4, 0.5) is 0 Å². The van der Waals surface area contributed by atoms with E-state index in [0.29, 0.717) is 0 Å². The van der Waals surface area contributed by atoms with Crippen molar-refractivity contribution in [1.29, 1.82) is 0 Å². The zero-order chi connectivity index (χ0) is 3.54. The molecule has 2 nitrogen and oxygen atoms in total. The molecule has 0 saturated carbocycles. The Kier molecular flexibility index (Phi) is 3.89. The van der Waals surface area contributed by atoms with Crippen molar-refractivity contribution < 1.29 is 21.8 Å². The van der Waals surface area contributed by atoms with Crippen LogP contribution in [0.15, 0.2) is 0 Å². The molecule has 0 aliphatic carbocycles. The van der Waals surface area contributed by atoms with Crippen LogP contribution in [0.1, 0.15) is 0 Å². The molecule has 0 amide bonds. The average molecular weight is 129 g/mol. The van der Waals surface area contributed by atoms with Crippen molar-refractivity contribution in [3.05, 3.63) is 0 Å². The van der Waals surface area contributed by atoms with Gasteiger partial charge in [0.05, 0.1) is 13.3 Å². The third-order valence-corrected chi connectivity index (χ3v) is 0.627. The normalized spacial score (nSPS) is 20.0. The van der Waals surface area contributed by atoms with Crippen LogP contribution in [0, 0.1) is 0 Å². The van der Waals surface area contributed by atoms with Crippen LogP contribution in [0.5, 0.6) is 0 Å². The Morgan fingerprint density at radius 1 is 1.50 bits per heavy atom. The maximum absolute atomic E-state index is 4.83. The Labute approximate surface area is 47.7 Å². The van der Waals surface area contributed by atoms with Gasteiger partial charge in [-0.1, -0.05) is 0 Å². The summed E-state index contributed by atoms with van der Waals surface area (Å²) in [5.74, 6) is 0. The predicted molar refractivity (Wildman–Crippen MR) is 18.8 cm³/mol. The van der Waals surface area contributed by atoms with E-state index in [0.717, 1.165) is 19.9 Å². The van der Waals surface area contributed by atoms with Crippen LogP contribution in [0.25, 0.3) is 0 Å². The summed E-state index contributed by atoms with van der Waals surface area (Å²) in [5, 5.41) is 3.00. The molecule has 1 saturated heterocycles. The van der Waals surface area contributed by atoms with E-state index < -0.39 is 0 Å². The maximum Gasteiger partial charge on any atom is 0.0966 e. The molecule has 1 fully saturated rings. The van der Waals surface area contributed by atoms with Crippen molar-refractivity contribution in [3.63, 3.8) is 0 Å². The molecule has 0 spiro atoms. The van der Waals surface area contributed by atoms with Crippen LogP contribution in [0.3, 0.4) is 0 Å². The minimum absolute atomic E-state index is 0. The SMILES string of the molecule is C1COCN1.[Fe]. The van der Waals surface area contributed by atoms with Gasteiger partial charge in [0.2, 0.25) is 0 Å². The van der Waals surface area contributed by atoms with Crippen LogP contribution >= 0.6 is 0 Å². The summed E-state index contributed by atoms with van der Waals surface area (Å²) in [6.45, 7) is 2.67. The van der Waals surface area contributed by atoms with Crippen molar-refractivity contribution in [2.45, 2.75) is 0 Å². The molecule has 6 heavy (non-hydrogen) atoms. The largest absolute Gasteiger partial charge is 0.365 e. The standard InChI is InChI=1S/C3H7NO.Fe/c1-2-5-3-4-1;/h4H,1-3H2;. The van der Waals surface area contributed by atoms with Crippen LogP contribution in [-0.2, 0) is 21.8 Å². The molecule has 0 unspecified atom stereocenters. The summed E-state index contributed by atoms with van der Waals surface area (Å²) in [5.41, 5.74) is 0. The summed E-state index contributed by atoms with van der Waals surface area (Å²) in [4.78, 5) is 0. The van der Waals surface area contributed by atoms with E-state index >= 15 is 0 Å². The summed E-state index contributed by atoms with van der Waals surface area (Å²) in [7, 11) is 0. The molecule has 1 N–H and O–H groups in total. The van der Waals surface area contributed by atoms with E-state index in [1.54, 1.807) is 0 Å². The van der Waals surface area contributed by atoms with Gasteiger partial charge in [-0.2, -0.15) is 0 Å². The zero-order valence-electron chi connectivity index (χ0n) is 3.38. The second-order valence-corrected chi connectivity index (χ2v) is 1.05. The topological polar surface area (TPSA) is 21.3 Å². The monoisotopic (exact) mass is 129 g/mol. The van der Waals surface area contributed by atoms with Crippen LogP contribution in [0.2, 0.25) is 0 Å². The van der Waals surface area contributed by atoms with E-state index in [4.69, 9.17) is 4.74 Å². The summed E-state index contributed by atoms with van der Waals surface area (Å²) in [6.07, 6.45) is 0. The zero-order valence-corrected chi connectivity index (χ0v) is 4.49. The molecule has 1 aliphatic rings. The quantitative estimate of drug-likeness (QED) is 0.447. The van der Waals surface area contributed by atoms with E-state index in [1.807, 2.05) is 0 Å². The van der Waals surface area contributed by atoms with Crippen molar-refractivity contribution in [1.82, 2.24) is 5.32 Å². The number of rotatable bonds is 0. The fourth-order valence-electron chi connectivity index (χ4n) is 0.361. The molecular formula is C3H7FeNO. The van der Waals surface area contributed by atoms with Gasteiger partial charge in [-0.25, -0.2) is 0 Å². The molecule has 0 aromatic heterocycles. The molecule has 1 heterocycles. The van der Waals surface area contributed by atoms with Gasteiger partial charge in [0.25, 0.3) is 0 Å². The summed E-state index contributed by atoms with van der Waals surface area (Å²) < 4.78 is 4.83. The number of nitrogens with one attached hydrogen (secondary N) is 1. The van der Waals surface area contributed by atoms with Crippen LogP contribution < -0.4 is 5.32 Å². The van der Waals surface area contributed by atoms with Gasteiger partial charge in [-0.05, 0) is 0 Å². The average Bonchev–Trinajstić information content (AvgIpc) is 1.76. The molecule has 1 rings (SSSR count). The first-order valence-corrected chi connectivity index (χ1v) is 1.78. The van der Waals surface area contributed by atoms with Crippen molar-refractivity contribution in [2.24, 2.45) is 0 Å².